The molecule has 1 aliphatic heterocycles. The van der Waals surface area contributed by atoms with Crippen LogP contribution in [0.3, 0.4) is 0 Å². The smallest absolute Gasteiger partial charge is 0.422 e. The summed E-state index contributed by atoms with van der Waals surface area (Å²) < 4.78 is 46.6. The van der Waals surface area contributed by atoms with E-state index in [-0.39, 0.29) is 17.9 Å². The number of benzene rings is 1. The van der Waals surface area contributed by atoms with Gasteiger partial charge in [0.1, 0.15) is 17.6 Å². The summed E-state index contributed by atoms with van der Waals surface area (Å²) in [7, 11) is 0. The van der Waals surface area contributed by atoms with Gasteiger partial charge in [0.15, 0.2) is 5.75 Å². The number of carbonyl (C=O) groups is 1. The van der Waals surface area contributed by atoms with Crippen LogP contribution in [0.15, 0.2) is 30.5 Å². The summed E-state index contributed by atoms with van der Waals surface area (Å²) in [5.74, 6) is -3.16. The van der Waals surface area contributed by atoms with Gasteiger partial charge in [-0.3, -0.25) is 9.69 Å². The Kier molecular flexibility index (Phi) is 4.29. The molecule has 0 unspecified atom stereocenters. The second-order valence-electron chi connectivity index (χ2n) is 5.66. The zero-order valence-corrected chi connectivity index (χ0v) is 13.4. The third kappa shape index (κ3) is 2.95. The Bertz CT molecular complexity index is 925. The zero-order chi connectivity index (χ0) is 19.1. The van der Waals surface area contributed by atoms with E-state index in [9.17, 15) is 23.1 Å². The molecular formula is C17H12F3N3O3. The van der Waals surface area contributed by atoms with Crippen molar-refractivity contribution >= 4 is 11.6 Å². The Morgan fingerprint density at radius 2 is 2.15 bits per heavy atom. The number of aromatic nitrogens is 1. The minimum absolute atomic E-state index is 0.0546. The molecule has 1 atom stereocenters. The highest BCUT2D eigenvalue weighted by Crippen LogP contribution is 2.45. The predicted octanol–water partition coefficient (Wildman–Crippen LogP) is 2.66. The van der Waals surface area contributed by atoms with Crippen LogP contribution in [0, 0.1) is 17.1 Å². The van der Waals surface area contributed by atoms with E-state index in [1.807, 2.05) is 6.07 Å². The highest BCUT2D eigenvalue weighted by molar-refractivity contribution is 6.01. The van der Waals surface area contributed by atoms with E-state index < -0.39 is 35.2 Å². The van der Waals surface area contributed by atoms with Crippen LogP contribution in [0.5, 0.6) is 5.75 Å². The Hall–Kier alpha value is -3.12. The molecule has 0 aliphatic carbocycles. The number of nitrogens with zero attached hydrogens (tertiary/aromatic N) is 3. The number of fused-ring (bicyclic) bond motifs is 1. The third-order valence-electron chi connectivity index (χ3n) is 3.83. The number of carbonyl (C=O) groups excluding carboxylic acids is 1. The van der Waals surface area contributed by atoms with Gasteiger partial charge in [-0.05, 0) is 36.8 Å². The Morgan fingerprint density at radius 3 is 2.81 bits per heavy atom. The molecule has 1 N–H and O–H groups in total. The fourth-order valence-electron chi connectivity index (χ4n) is 2.68. The number of nitriles is 1. The van der Waals surface area contributed by atoms with Gasteiger partial charge in [0, 0.05) is 6.20 Å². The Labute approximate surface area is 146 Å². The van der Waals surface area contributed by atoms with Crippen molar-refractivity contribution in [3.05, 3.63) is 53.1 Å². The maximum Gasteiger partial charge on any atom is 0.483 e. The third-order valence-corrected chi connectivity index (χ3v) is 3.83. The molecule has 0 radical (unpaired) electrons. The first-order valence-electron chi connectivity index (χ1n) is 7.49. The van der Waals surface area contributed by atoms with Crippen LogP contribution < -0.4 is 9.64 Å². The van der Waals surface area contributed by atoms with Gasteiger partial charge in [-0.15, -0.1) is 0 Å². The molecule has 0 fully saturated rings. The lowest BCUT2D eigenvalue weighted by molar-refractivity contribution is -0.193. The molecule has 0 spiro atoms. The fraction of sp³-hybridized carbons (Fsp3) is 0.235. The van der Waals surface area contributed by atoms with Crippen molar-refractivity contribution < 1.29 is 27.8 Å². The highest BCUT2D eigenvalue weighted by atomic mass is 19.3. The highest BCUT2D eigenvalue weighted by Gasteiger charge is 2.51. The topological polar surface area (TPSA) is 86.5 Å². The fourth-order valence-corrected chi connectivity index (χ4v) is 2.68. The van der Waals surface area contributed by atoms with Crippen molar-refractivity contribution in [1.82, 2.24) is 4.98 Å². The van der Waals surface area contributed by atoms with Crippen LogP contribution in [0.4, 0.5) is 18.9 Å². The van der Waals surface area contributed by atoms with Crippen LogP contribution >= 0.6 is 0 Å². The van der Waals surface area contributed by atoms with Crippen LogP contribution in [-0.2, 0) is 11.3 Å². The SMILES string of the molecule is C[C@H](O)c1c(F)ccc2c1OC(F)(F)C(=O)N2Cc1ccnc(C#N)c1. The summed E-state index contributed by atoms with van der Waals surface area (Å²) in [6, 6.07) is 6.70. The molecule has 3 rings (SSSR count). The second-order valence-corrected chi connectivity index (χ2v) is 5.66. The molecule has 2 heterocycles. The monoisotopic (exact) mass is 363 g/mol. The van der Waals surface area contributed by atoms with Crippen LogP contribution in [0.1, 0.15) is 29.8 Å². The van der Waals surface area contributed by atoms with Crippen LogP contribution in [0.2, 0.25) is 0 Å². The second kappa shape index (κ2) is 6.31. The number of alkyl halides is 2. The van der Waals surface area contributed by atoms with Crippen molar-refractivity contribution in [2.75, 3.05) is 4.90 Å². The van der Waals surface area contributed by atoms with Crippen LogP contribution in [-0.4, -0.2) is 22.1 Å². The lowest BCUT2D eigenvalue weighted by Crippen LogP contribution is -2.50. The molecule has 134 valence electrons. The summed E-state index contributed by atoms with van der Waals surface area (Å²) in [6.45, 7) is 0.885. The number of rotatable bonds is 3. The van der Waals surface area contributed by atoms with Gasteiger partial charge in [0.05, 0.1) is 23.9 Å². The van der Waals surface area contributed by atoms with Crippen molar-refractivity contribution in [3.63, 3.8) is 0 Å². The quantitative estimate of drug-likeness (QED) is 0.906. The van der Waals surface area contributed by atoms with E-state index in [1.54, 1.807) is 0 Å². The summed E-state index contributed by atoms with van der Waals surface area (Å²) in [5, 5.41) is 18.6. The minimum atomic E-state index is -4.23. The minimum Gasteiger partial charge on any atom is -0.422 e. The number of aliphatic hydroxyl groups is 1. The van der Waals surface area contributed by atoms with Gasteiger partial charge in [-0.1, -0.05) is 0 Å². The molecule has 9 heteroatoms. The molecule has 26 heavy (non-hydrogen) atoms. The zero-order valence-electron chi connectivity index (χ0n) is 13.4. The van der Waals surface area contributed by atoms with Gasteiger partial charge in [0.25, 0.3) is 0 Å². The average molecular weight is 363 g/mol. The van der Waals surface area contributed by atoms with E-state index in [1.165, 1.54) is 25.3 Å². The summed E-state index contributed by atoms with van der Waals surface area (Å²) >= 11 is 0. The van der Waals surface area contributed by atoms with Gasteiger partial charge in [-0.25, -0.2) is 9.37 Å². The van der Waals surface area contributed by atoms with E-state index >= 15 is 0 Å². The predicted molar refractivity (Wildman–Crippen MR) is 82.8 cm³/mol. The number of anilines is 1. The first-order chi connectivity index (χ1) is 12.2. The normalized spacial score (nSPS) is 16.5. The molecule has 1 amide bonds. The summed E-state index contributed by atoms with van der Waals surface area (Å²) in [5.41, 5.74) is -0.142. The number of aliphatic hydroxyl groups excluding tert-OH is 1. The molecule has 0 saturated carbocycles. The number of hydrogen-bond acceptors (Lipinski definition) is 5. The maximum absolute atomic E-state index is 14.1. The van der Waals surface area contributed by atoms with Crippen molar-refractivity contribution in [2.45, 2.75) is 25.7 Å². The lowest BCUT2D eigenvalue weighted by Gasteiger charge is -2.35. The molecule has 6 nitrogen and oxygen atoms in total. The number of amides is 1. The molecular weight excluding hydrogens is 351 g/mol. The van der Waals surface area contributed by atoms with E-state index in [0.29, 0.717) is 5.56 Å². The van der Waals surface area contributed by atoms with Crippen LogP contribution in [0.25, 0.3) is 0 Å². The summed E-state index contributed by atoms with van der Waals surface area (Å²) in [4.78, 5) is 16.6. The lowest BCUT2D eigenvalue weighted by atomic mass is 10.0. The first kappa shape index (κ1) is 17.7. The number of pyridine rings is 1. The molecule has 1 aromatic heterocycles. The van der Waals surface area contributed by atoms with Crippen molar-refractivity contribution in [3.8, 4) is 11.8 Å². The molecule has 2 aromatic rings. The molecule has 1 aromatic carbocycles. The first-order valence-corrected chi connectivity index (χ1v) is 7.49. The maximum atomic E-state index is 14.1. The van der Waals surface area contributed by atoms with E-state index in [4.69, 9.17) is 5.26 Å². The molecule has 0 bridgehead atoms. The Morgan fingerprint density at radius 1 is 1.42 bits per heavy atom. The Balaban J connectivity index is 2.12. The molecule has 0 saturated heterocycles. The van der Waals surface area contributed by atoms with Crippen molar-refractivity contribution in [2.24, 2.45) is 0 Å². The largest absolute Gasteiger partial charge is 0.483 e. The van der Waals surface area contributed by atoms with E-state index in [2.05, 4.69) is 9.72 Å². The standard InChI is InChI=1S/C17H12F3N3O3/c1-9(24)14-12(18)2-3-13-15(14)26-17(19,20)16(25)23(13)8-10-4-5-22-11(6-10)7-21/h2-6,9,24H,8H2,1H3/t9-/m0/s1. The van der Waals surface area contributed by atoms with Gasteiger partial charge >= 0.3 is 12.0 Å². The number of hydrogen-bond donors (Lipinski definition) is 1. The van der Waals surface area contributed by atoms with Gasteiger partial charge in [0.2, 0.25) is 0 Å². The molecule has 1 aliphatic rings. The van der Waals surface area contributed by atoms with Gasteiger partial charge < -0.3 is 9.84 Å². The summed E-state index contributed by atoms with van der Waals surface area (Å²) in [6.07, 6.45) is -4.35. The average Bonchev–Trinajstić information content (AvgIpc) is 2.58. The van der Waals surface area contributed by atoms with E-state index in [0.717, 1.165) is 17.0 Å². The van der Waals surface area contributed by atoms with Gasteiger partial charge in [-0.2, -0.15) is 14.0 Å². The number of halogens is 3. The number of ether oxygens (including phenoxy) is 1. The van der Waals surface area contributed by atoms with Crippen molar-refractivity contribution in [1.29, 1.82) is 5.26 Å².